The molecule has 0 aromatic rings. The number of hydrogen-bond acceptors (Lipinski definition) is 1. The van der Waals surface area contributed by atoms with Gasteiger partial charge in [0.25, 0.3) is 0 Å². The Morgan fingerprint density at radius 3 is 2.14 bits per heavy atom. The molecule has 0 aromatic carbocycles. The van der Waals surface area contributed by atoms with Crippen LogP contribution in [0.2, 0.25) is 0 Å². The lowest BCUT2D eigenvalue weighted by Crippen LogP contribution is -2.45. The van der Waals surface area contributed by atoms with E-state index in [-0.39, 0.29) is 5.54 Å². The topological polar surface area (TPSA) is 40.5 Å². The van der Waals surface area contributed by atoms with Crippen LogP contribution in [0.15, 0.2) is 0 Å². The summed E-state index contributed by atoms with van der Waals surface area (Å²) in [6.45, 7) is 8.60. The van der Waals surface area contributed by atoms with Crippen molar-refractivity contribution in [3.05, 3.63) is 0 Å². The van der Waals surface area contributed by atoms with Crippen LogP contribution in [-0.4, -0.2) is 28.2 Å². The van der Waals surface area contributed by atoms with Gasteiger partial charge in [-0.25, -0.2) is 4.79 Å². The van der Waals surface area contributed by atoms with Gasteiger partial charge in [0, 0.05) is 12.1 Å². The molecule has 0 rings (SSSR count). The second-order valence-electron chi connectivity index (χ2n) is 4.67. The molecule has 0 spiro atoms. The van der Waals surface area contributed by atoms with Crippen molar-refractivity contribution in [2.24, 2.45) is 0 Å². The monoisotopic (exact) mass is 201 g/mol. The Labute approximate surface area is 87.1 Å². The van der Waals surface area contributed by atoms with Crippen molar-refractivity contribution < 1.29 is 9.90 Å². The maximum Gasteiger partial charge on any atom is 0.407 e. The normalized spacial score (nSPS) is 11.4. The molecule has 0 saturated heterocycles. The Morgan fingerprint density at radius 2 is 1.79 bits per heavy atom. The van der Waals surface area contributed by atoms with Crippen LogP contribution in [0.4, 0.5) is 4.79 Å². The molecule has 0 aliphatic heterocycles. The van der Waals surface area contributed by atoms with Gasteiger partial charge in [-0.05, 0) is 27.2 Å². The quantitative estimate of drug-likeness (QED) is 0.693. The molecule has 0 atom stereocenters. The molecule has 3 heteroatoms. The molecule has 0 bridgehead atoms. The van der Waals surface area contributed by atoms with Crippen LogP contribution < -0.4 is 0 Å². The van der Waals surface area contributed by atoms with Gasteiger partial charge >= 0.3 is 6.09 Å². The molecule has 0 heterocycles. The van der Waals surface area contributed by atoms with E-state index >= 15 is 0 Å². The fourth-order valence-electron chi connectivity index (χ4n) is 1.41. The van der Waals surface area contributed by atoms with E-state index in [0.717, 1.165) is 12.8 Å². The fraction of sp³-hybridized carbons (Fsp3) is 0.909. The first-order chi connectivity index (χ1) is 6.39. The SMILES string of the molecule is CCCCCCN(C(=O)O)C(C)(C)C. The molecule has 0 fully saturated rings. The van der Waals surface area contributed by atoms with Gasteiger partial charge in [-0.2, -0.15) is 0 Å². The summed E-state index contributed by atoms with van der Waals surface area (Å²) < 4.78 is 0. The van der Waals surface area contributed by atoms with Crippen LogP contribution in [0.5, 0.6) is 0 Å². The van der Waals surface area contributed by atoms with E-state index in [1.54, 1.807) is 0 Å². The van der Waals surface area contributed by atoms with Crippen LogP contribution in [0.3, 0.4) is 0 Å². The maximum absolute atomic E-state index is 10.9. The summed E-state index contributed by atoms with van der Waals surface area (Å²) in [5, 5.41) is 8.99. The average Bonchev–Trinajstić information content (AvgIpc) is 2.01. The zero-order chi connectivity index (χ0) is 11.2. The lowest BCUT2D eigenvalue weighted by Gasteiger charge is -2.33. The molecule has 14 heavy (non-hydrogen) atoms. The summed E-state index contributed by atoms with van der Waals surface area (Å²) in [5.41, 5.74) is -0.280. The maximum atomic E-state index is 10.9. The molecule has 0 aromatic heterocycles. The van der Waals surface area contributed by atoms with Gasteiger partial charge in [-0.3, -0.25) is 0 Å². The molecule has 0 aliphatic carbocycles. The van der Waals surface area contributed by atoms with Crippen molar-refractivity contribution in [3.63, 3.8) is 0 Å². The lowest BCUT2D eigenvalue weighted by molar-refractivity contribution is 0.0990. The van der Waals surface area contributed by atoms with Gasteiger partial charge in [-0.15, -0.1) is 0 Å². The number of nitrogens with zero attached hydrogens (tertiary/aromatic N) is 1. The number of unbranched alkanes of at least 4 members (excludes halogenated alkanes) is 3. The van der Waals surface area contributed by atoms with Crippen molar-refractivity contribution in [3.8, 4) is 0 Å². The smallest absolute Gasteiger partial charge is 0.407 e. The lowest BCUT2D eigenvalue weighted by atomic mass is 10.1. The average molecular weight is 201 g/mol. The molecule has 1 N–H and O–H groups in total. The molecule has 0 radical (unpaired) electrons. The Bertz CT molecular complexity index is 173. The Hall–Kier alpha value is -0.730. The molecular formula is C11H23NO2. The van der Waals surface area contributed by atoms with E-state index in [2.05, 4.69) is 6.92 Å². The molecule has 84 valence electrons. The predicted octanol–water partition coefficient (Wildman–Crippen LogP) is 3.35. The number of amides is 1. The summed E-state index contributed by atoms with van der Waals surface area (Å²) in [4.78, 5) is 12.5. The molecule has 1 amide bonds. The summed E-state index contributed by atoms with van der Waals surface area (Å²) >= 11 is 0. The third-order valence-electron chi connectivity index (χ3n) is 2.28. The minimum atomic E-state index is -0.811. The summed E-state index contributed by atoms with van der Waals surface area (Å²) in [5.74, 6) is 0. The summed E-state index contributed by atoms with van der Waals surface area (Å²) in [6.07, 6.45) is 3.66. The first-order valence-corrected chi connectivity index (χ1v) is 5.40. The Morgan fingerprint density at radius 1 is 1.21 bits per heavy atom. The van der Waals surface area contributed by atoms with Crippen LogP contribution in [0.25, 0.3) is 0 Å². The largest absolute Gasteiger partial charge is 0.465 e. The molecule has 0 saturated carbocycles. The molecular weight excluding hydrogens is 178 g/mol. The highest BCUT2D eigenvalue weighted by Crippen LogP contribution is 2.14. The van der Waals surface area contributed by atoms with E-state index in [9.17, 15) is 4.79 Å². The van der Waals surface area contributed by atoms with Gasteiger partial charge in [0.2, 0.25) is 0 Å². The Kier molecular flexibility index (Phi) is 5.58. The minimum absolute atomic E-state index is 0.280. The second kappa shape index (κ2) is 5.89. The third-order valence-corrected chi connectivity index (χ3v) is 2.28. The van der Waals surface area contributed by atoms with E-state index in [4.69, 9.17) is 5.11 Å². The highest BCUT2D eigenvalue weighted by atomic mass is 16.4. The van der Waals surface area contributed by atoms with Crippen LogP contribution in [0, 0.1) is 0 Å². The zero-order valence-electron chi connectivity index (χ0n) is 9.84. The van der Waals surface area contributed by atoms with Crippen LogP contribution in [0.1, 0.15) is 53.4 Å². The molecule has 0 unspecified atom stereocenters. The van der Waals surface area contributed by atoms with Crippen LogP contribution >= 0.6 is 0 Å². The van der Waals surface area contributed by atoms with E-state index in [0.29, 0.717) is 6.54 Å². The minimum Gasteiger partial charge on any atom is -0.465 e. The molecule has 0 aliphatic rings. The second-order valence-corrected chi connectivity index (χ2v) is 4.67. The highest BCUT2D eigenvalue weighted by Gasteiger charge is 2.24. The van der Waals surface area contributed by atoms with E-state index < -0.39 is 6.09 Å². The first-order valence-electron chi connectivity index (χ1n) is 5.40. The van der Waals surface area contributed by atoms with Crippen LogP contribution in [-0.2, 0) is 0 Å². The van der Waals surface area contributed by atoms with Crippen molar-refractivity contribution >= 4 is 6.09 Å². The van der Waals surface area contributed by atoms with E-state index in [1.165, 1.54) is 17.7 Å². The van der Waals surface area contributed by atoms with E-state index in [1.807, 2.05) is 20.8 Å². The predicted molar refractivity (Wildman–Crippen MR) is 58.6 cm³/mol. The van der Waals surface area contributed by atoms with Crippen molar-refractivity contribution in [1.82, 2.24) is 4.90 Å². The van der Waals surface area contributed by atoms with Crippen molar-refractivity contribution in [2.75, 3.05) is 6.54 Å². The van der Waals surface area contributed by atoms with Gasteiger partial charge in [-0.1, -0.05) is 26.2 Å². The number of carboxylic acid groups (broad SMARTS) is 1. The summed E-state index contributed by atoms with van der Waals surface area (Å²) in [6, 6.07) is 0. The van der Waals surface area contributed by atoms with Gasteiger partial charge in [0.15, 0.2) is 0 Å². The fourth-order valence-corrected chi connectivity index (χ4v) is 1.41. The number of carbonyl (C=O) groups is 1. The van der Waals surface area contributed by atoms with Gasteiger partial charge in [0.1, 0.15) is 0 Å². The third kappa shape index (κ3) is 5.10. The first kappa shape index (κ1) is 13.3. The standard InChI is InChI=1S/C11H23NO2/c1-5-6-7-8-9-12(10(13)14)11(2,3)4/h5-9H2,1-4H3,(H,13,14). The van der Waals surface area contributed by atoms with Crippen molar-refractivity contribution in [2.45, 2.75) is 58.9 Å². The highest BCUT2D eigenvalue weighted by molar-refractivity contribution is 5.65. The van der Waals surface area contributed by atoms with Gasteiger partial charge in [0.05, 0.1) is 0 Å². The van der Waals surface area contributed by atoms with Gasteiger partial charge < -0.3 is 10.0 Å². The Balaban J connectivity index is 3.94. The zero-order valence-corrected chi connectivity index (χ0v) is 9.84. The molecule has 3 nitrogen and oxygen atoms in total. The number of rotatable bonds is 5. The van der Waals surface area contributed by atoms with Crippen molar-refractivity contribution in [1.29, 1.82) is 0 Å². The number of hydrogen-bond donors (Lipinski definition) is 1. The summed E-state index contributed by atoms with van der Waals surface area (Å²) in [7, 11) is 0.